The molecule has 0 bridgehead atoms. The molecule has 1 fully saturated rings. The summed E-state index contributed by atoms with van der Waals surface area (Å²) in [6.45, 7) is -1.06. The van der Waals surface area contributed by atoms with Crippen molar-refractivity contribution in [1.82, 2.24) is 15.2 Å². The second-order valence-electron chi connectivity index (χ2n) is 7.95. The molecule has 1 saturated heterocycles. The van der Waals surface area contributed by atoms with Crippen molar-refractivity contribution in [2.75, 3.05) is 13.2 Å². The Bertz CT molecular complexity index is 1170. The van der Waals surface area contributed by atoms with Crippen LogP contribution in [0.3, 0.4) is 0 Å². The normalized spacial score (nSPS) is 16.2. The minimum atomic E-state index is -5.08. The van der Waals surface area contributed by atoms with Gasteiger partial charge in [0.15, 0.2) is 5.78 Å². The second-order valence-corrected chi connectivity index (χ2v) is 7.95. The maximum Gasteiger partial charge on any atom is 0.490 e. The van der Waals surface area contributed by atoms with Crippen LogP contribution in [0.5, 0.6) is 0 Å². The standard InChI is InChI=1S/C21H22FN3O5.C2HF3O2/c22-12-17(26)15(11-18(27)28)24-20(29)16-7-3-4-10-25(16)21(30)19-14-6-2-1-5-13(14)8-9-23-19;3-2(4,5)1(6)7/h1-2,5-6,8-9,15-16H,3-4,7,10-12H2,(H,24,29)(H,27,28);(H,6,7)/t15?,16-;/m0./s1. The fourth-order valence-electron chi connectivity index (χ4n) is 3.65. The summed E-state index contributed by atoms with van der Waals surface area (Å²) >= 11 is 0. The maximum absolute atomic E-state index is 13.2. The van der Waals surface area contributed by atoms with Gasteiger partial charge in [-0.3, -0.25) is 24.2 Å². The van der Waals surface area contributed by atoms with Crippen molar-refractivity contribution in [3.05, 3.63) is 42.2 Å². The molecule has 2 atom stereocenters. The zero-order chi connectivity index (χ0) is 27.8. The van der Waals surface area contributed by atoms with E-state index < -0.39 is 60.9 Å². The number of nitrogens with zero attached hydrogens (tertiary/aromatic N) is 2. The number of likely N-dealkylation sites (tertiary alicyclic amines) is 1. The molecule has 200 valence electrons. The van der Waals surface area contributed by atoms with Crippen LogP contribution in [-0.4, -0.2) is 81.1 Å². The lowest BCUT2D eigenvalue weighted by Gasteiger charge is -2.35. The van der Waals surface area contributed by atoms with Gasteiger partial charge in [0.1, 0.15) is 24.5 Å². The van der Waals surface area contributed by atoms with Gasteiger partial charge in [0.2, 0.25) is 5.91 Å². The number of carbonyl (C=O) groups is 5. The number of carboxylic acid groups (broad SMARTS) is 2. The highest BCUT2D eigenvalue weighted by Gasteiger charge is 2.38. The number of pyridine rings is 1. The molecule has 2 amide bonds. The van der Waals surface area contributed by atoms with Gasteiger partial charge in [0.05, 0.1) is 6.42 Å². The Morgan fingerprint density at radius 2 is 1.73 bits per heavy atom. The number of alkyl halides is 4. The molecule has 3 N–H and O–H groups in total. The number of rotatable bonds is 7. The highest BCUT2D eigenvalue weighted by atomic mass is 19.4. The minimum absolute atomic E-state index is 0.217. The van der Waals surface area contributed by atoms with Gasteiger partial charge in [-0.05, 0) is 30.7 Å². The Kier molecular flexibility index (Phi) is 10.0. The van der Waals surface area contributed by atoms with Gasteiger partial charge < -0.3 is 20.4 Å². The average Bonchev–Trinajstić information content (AvgIpc) is 2.86. The molecule has 0 spiro atoms. The molecular formula is C23H23F4N3O7. The van der Waals surface area contributed by atoms with Crippen LogP contribution in [0, 0.1) is 0 Å². The van der Waals surface area contributed by atoms with Crippen LogP contribution in [0.1, 0.15) is 36.2 Å². The Hall–Kier alpha value is -4.10. The van der Waals surface area contributed by atoms with E-state index in [1.807, 2.05) is 12.1 Å². The largest absolute Gasteiger partial charge is 0.490 e. The van der Waals surface area contributed by atoms with Gasteiger partial charge in [-0.1, -0.05) is 24.3 Å². The zero-order valence-corrected chi connectivity index (χ0v) is 19.2. The number of benzene rings is 1. The number of amides is 2. The molecule has 1 aliphatic rings. The summed E-state index contributed by atoms with van der Waals surface area (Å²) in [5, 5.41) is 19.9. The van der Waals surface area contributed by atoms with Gasteiger partial charge >= 0.3 is 18.1 Å². The number of hydrogen-bond acceptors (Lipinski definition) is 6. The number of hydrogen-bond donors (Lipinski definition) is 3. The number of aliphatic carboxylic acids is 2. The number of halogens is 4. The van der Waals surface area contributed by atoms with Crippen molar-refractivity contribution in [3.63, 3.8) is 0 Å². The Balaban J connectivity index is 0.000000604. The SMILES string of the molecule is O=C(O)C(F)(F)F.O=C(O)CC(NC(=O)[C@@H]1CCCCN1C(=O)c1nccc2ccccc12)C(=O)CF. The van der Waals surface area contributed by atoms with E-state index in [2.05, 4.69) is 10.3 Å². The van der Waals surface area contributed by atoms with E-state index in [9.17, 15) is 36.7 Å². The smallest absolute Gasteiger partial charge is 0.481 e. The number of carbonyl (C=O) groups excluding carboxylic acids is 3. The predicted molar refractivity (Wildman–Crippen MR) is 119 cm³/mol. The fraction of sp³-hybridized carbons (Fsp3) is 0.391. The molecule has 1 aromatic carbocycles. The van der Waals surface area contributed by atoms with Crippen LogP contribution in [0.15, 0.2) is 36.5 Å². The summed E-state index contributed by atoms with van der Waals surface area (Å²) in [5.41, 5.74) is 0.217. The van der Waals surface area contributed by atoms with Crippen molar-refractivity contribution in [1.29, 1.82) is 0 Å². The Labute approximate surface area is 207 Å². The van der Waals surface area contributed by atoms with Crippen LogP contribution in [0.25, 0.3) is 10.8 Å². The molecule has 0 aliphatic carbocycles. The van der Waals surface area contributed by atoms with E-state index in [4.69, 9.17) is 15.0 Å². The average molecular weight is 529 g/mol. The highest BCUT2D eigenvalue weighted by Crippen LogP contribution is 2.23. The van der Waals surface area contributed by atoms with E-state index in [-0.39, 0.29) is 5.69 Å². The molecule has 2 aromatic rings. The van der Waals surface area contributed by atoms with Crippen LogP contribution >= 0.6 is 0 Å². The maximum atomic E-state index is 13.2. The lowest BCUT2D eigenvalue weighted by atomic mass is 9.99. The molecule has 10 nitrogen and oxygen atoms in total. The van der Waals surface area contributed by atoms with Gasteiger partial charge in [0.25, 0.3) is 5.91 Å². The topological polar surface area (TPSA) is 154 Å². The number of piperidine rings is 1. The first-order chi connectivity index (χ1) is 17.4. The summed E-state index contributed by atoms with van der Waals surface area (Å²) in [4.78, 5) is 63.3. The highest BCUT2D eigenvalue weighted by molar-refractivity contribution is 6.06. The summed E-state index contributed by atoms with van der Waals surface area (Å²) in [5.74, 6) is -6.20. The number of ketones is 1. The summed E-state index contributed by atoms with van der Waals surface area (Å²) < 4.78 is 44.5. The molecule has 37 heavy (non-hydrogen) atoms. The van der Waals surface area contributed by atoms with Crippen molar-refractivity contribution in [2.45, 2.75) is 43.9 Å². The molecular weight excluding hydrogens is 506 g/mol. The lowest BCUT2D eigenvalue weighted by molar-refractivity contribution is -0.192. The van der Waals surface area contributed by atoms with E-state index in [1.165, 1.54) is 11.1 Å². The van der Waals surface area contributed by atoms with Gasteiger partial charge in [-0.2, -0.15) is 13.2 Å². The Morgan fingerprint density at radius 1 is 1.08 bits per heavy atom. The third-order valence-electron chi connectivity index (χ3n) is 5.40. The predicted octanol–water partition coefficient (Wildman–Crippen LogP) is 2.36. The number of carboxylic acids is 2. The van der Waals surface area contributed by atoms with Crippen molar-refractivity contribution >= 4 is 40.3 Å². The van der Waals surface area contributed by atoms with Gasteiger partial charge in [0, 0.05) is 18.1 Å². The van der Waals surface area contributed by atoms with Crippen molar-refractivity contribution in [2.24, 2.45) is 0 Å². The molecule has 2 heterocycles. The van der Waals surface area contributed by atoms with Crippen molar-refractivity contribution in [3.8, 4) is 0 Å². The van der Waals surface area contributed by atoms with Crippen LogP contribution < -0.4 is 5.32 Å². The summed E-state index contributed by atoms with van der Waals surface area (Å²) in [6, 6.07) is 6.68. The molecule has 1 aromatic heterocycles. The second kappa shape index (κ2) is 12.7. The molecule has 14 heteroatoms. The van der Waals surface area contributed by atoms with E-state index >= 15 is 0 Å². The van der Waals surface area contributed by atoms with Crippen LogP contribution in [0.2, 0.25) is 0 Å². The molecule has 1 unspecified atom stereocenters. The number of fused-ring (bicyclic) bond motifs is 1. The monoisotopic (exact) mass is 529 g/mol. The molecule has 0 saturated carbocycles. The quantitative estimate of drug-likeness (QED) is 0.462. The zero-order valence-electron chi connectivity index (χ0n) is 19.2. The van der Waals surface area contributed by atoms with Gasteiger partial charge in [-0.15, -0.1) is 0 Å². The minimum Gasteiger partial charge on any atom is -0.481 e. The van der Waals surface area contributed by atoms with E-state index in [0.29, 0.717) is 31.2 Å². The summed E-state index contributed by atoms with van der Waals surface area (Å²) in [7, 11) is 0. The third kappa shape index (κ3) is 7.95. The lowest BCUT2D eigenvalue weighted by Crippen LogP contribution is -2.55. The first-order valence-corrected chi connectivity index (χ1v) is 10.9. The molecule has 3 rings (SSSR count). The van der Waals surface area contributed by atoms with Crippen LogP contribution in [0.4, 0.5) is 17.6 Å². The summed E-state index contributed by atoms with van der Waals surface area (Å²) in [6.07, 6.45) is -2.54. The van der Waals surface area contributed by atoms with Gasteiger partial charge in [-0.25, -0.2) is 9.18 Å². The first-order valence-electron chi connectivity index (χ1n) is 10.9. The third-order valence-corrected chi connectivity index (χ3v) is 5.40. The Morgan fingerprint density at radius 3 is 2.32 bits per heavy atom. The van der Waals surface area contributed by atoms with E-state index in [0.717, 1.165) is 5.39 Å². The number of Topliss-reactive ketones (excluding diaryl/α,β-unsaturated/α-hetero) is 1. The fourth-order valence-corrected chi connectivity index (χ4v) is 3.65. The number of aromatic nitrogens is 1. The number of nitrogens with one attached hydrogen (secondary N) is 1. The molecule has 0 radical (unpaired) electrons. The van der Waals surface area contributed by atoms with Crippen molar-refractivity contribution < 1.29 is 51.7 Å². The molecule has 1 aliphatic heterocycles. The van der Waals surface area contributed by atoms with Crippen LogP contribution in [-0.2, 0) is 19.2 Å². The van der Waals surface area contributed by atoms with E-state index in [1.54, 1.807) is 18.2 Å². The first kappa shape index (κ1) is 29.1.